The second kappa shape index (κ2) is 11.5. The van der Waals surface area contributed by atoms with E-state index in [1.807, 2.05) is 64.1 Å². The van der Waals surface area contributed by atoms with E-state index in [4.69, 9.17) is 4.74 Å². The minimum absolute atomic E-state index is 0.254. The van der Waals surface area contributed by atoms with E-state index in [9.17, 15) is 4.21 Å². The topological polar surface area (TPSA) is 91.4 Å². The lowest BCUT2D eigenvalue weighted by Crippen LogP contribution is -2.37. The standard InChI is InChI=1S/C25H32N6O2S2/c1-18-17-26-24(28-19-7-5-9-21(15-19)34-31-11-13-33-14-12-31)29-23(18)27-20-8-6-10-22(16-20)35(32)30-25(2,3)4/h5-10,15-17,30H,11-14H2,1-4H3,(H2,26,27,28,29). The van der Waals surface area contributed by atoms with E-state index in [-0.39, 0.29) is 5.54 Å². The molecule has 186 valence electrons. The van der Waals surface area contributed by atoms with E-state index in [0.717, 1.165) is 48.1 Å². The summed E-state index contributed by atoms with van der Waals surface area (Å²) in [7, 11) is -1.31. The van der Waals surface area contributed by atoms with Gasteiger partial charge in [0.1, 0.15) is 16.8 Å². The molecule has 0 spiro atoms. The van der Waals surface area contributed by atoms with Gasteiger partial charge in [-0.05, 0) is 76.0 Å². The molecule has 1 saturated heterocycles. The number of hydrogen-bond donors (Lipinski definition) is 3. The smallest absolute Gasteiger partial charge is 0.229 e. The Labute approximate surface area is 214 Å². The summed E-state index contributed by atoms with van der Waals surface area (Å²) in [5, 5.41) is 6.66. The molecule has 3 aromatic rings. The van der Waals surface area contributed by atoms with Gasteiger partial charge in [0, 0.05) is 46.7 Å². The molecule has 1 fully saturated rings. The van der Waals surface area contributed by atoms with Crippen LogP contribution in [0, 0.1) is 6.92 Å². The predicted octanol–water partition coefficient (Wildman–Crippen LogP) is 5.02. The summed E-state index contributed by atoms with van der Waals surface area (Å²) >= 11 is 1.73. The van der Waals surface area contributed by atoms with E-state index >= 15 is 0 Å². The van der Waals surface area contributed by atoms with Crippen LogP contribution in [-0.2, 0) is 15.7 Å². The molecule has 0 amide bonds. The minimum Gasteiger partial charge on any atom is -0.379 e. The van der Waals surface area contributed by atoms with Crippen molar-refractivity contribution >= 4 is 46.1 Å². The number of rotatable bonds is 8. The first-order valence-corrected chi connectivity index (χ1v) is 13.5. The van der Waals surface area contributed by atoms with Crippen molar-refractivity contribution in [2.24, 2.45) is 0 Å². The molecule has 1 aliphatic heterocycles. The molecule has 35 heavy (non-hydrogen) atoms. The van der Waals surface area contributed by atoms with Gasteiger partial charge in [-0.3, -0.25) is 0 Å². The number of aromatic nitrogens is 2. The molecule has 10 heteroatoms. The van der Waals surface area contributed by atoms with Gasteiger partial charge in [-0.1, -0.05) is 12.1 Å². The van der Waals surface area contributed by atoms with Crippen LogP contribution in [0.15, 0.2) is 64.5 Å². The summed E-state index contributed by atoms with van der Waals surface area (Å²) < 4.78 is 23.5. The van der Waals surface area contributed by atoms with Crippen LogP contribution in [0.5, 0.6) is 0 Å². The number of benzene rings is 2. The highest BCUT2D eigenvalue weighted by Crippen LogP contribution is 2.27. The lowest BCUT2D eigenvalue weighted by molar-refractivity contribution is 0.0773. The molecule has 0 aliphatic carbocycles. The number of nitrogens with one attached hydrogen (secondary N) is 3. The Hall–Kier alpha value is -2.50. The highest BCUT2D eigenvalue weighted by Gasteiger charge is 2.15. The predicted molar refractivity (Wildman–Crippen MR) is 144 cm³/mol. The van der Waals surface area contributed by atoms with Crippen LogP contribution in [0.4, 0.5) is 23.1 Å². The van der Waals surface area contributed by atoms with Gasteiger partial charge in [0.05, 0.1) is 18.1 Å². The number of ether oxygens (including phenoxy) is 1. The molecule has 2 aromatic carbocycles. The SMILES string of the molecule is Cc1cnc(Nc2cccc(SN3CCOCC3)c2)nc1Nc1cccc(S(=O)NC(C)(C)C)c1. The second-order valence-corrected chi connectivity index (χ2v) is 11.7. The summed E-state index contributed by atoms with van der Waals surface area (Å²) in [6, 6.07) is 15.7. The molecule has 0 bridgehead atoms. The van der Waals surface area contributed by atoms with Gasteiger partial charge in [0.15, 0.2) is 0 Å². The number of morpholine rings is 1. The largest absolute Gasteiger partial charge is 0.379 e. The molecule has 2 heterocycles. The van der Waals surface area contributed by atoms with Gasteiger partial charge in [0.2, 0.25) is 5.95 Å². The van der Waals surface area contributed by atoms with Gasteiger partial charge in [-0.25, -0.2) is 18.2 Å². The highest BCUT2D eigenvalue weighted by atomic mass is 32.2. The van der Waals surface area contributed by atoms with Crippen LogP contribution >= 0.6 is 11.9 Å². The molecular weight excluding hydrogens is 480 g/mol. The average Bonchev–Trinajstić information content (AvgIpc) is 2.81. The number of aryl methyl sites for hydroxylation is 1. The summed E-state index contributed by atoms with van der Waals surface area (Å²) in [5.74, 6) is 1.19. The third-order valence-corrected chi connectivity index (χ3v) is 7.54. The van der Waals surface area contributed by atoms with E-state index < -0.39 is 11.0 Å². The minimum atomic E-state index is -1.31. The molecule has 0 radical (unpaired) electrons. The van der Waals surface area contributed by atoms with Crippen LogP contribution in [0.25, 0.3) is 0 Å². The first-order valence-electron chi connectivity index (χ1n) is 11.5. The highest BCUT2D eigenvalue weighted by molar-refractivity contribution is 7.97. The van der Waals surface area contributed by atoms with Gasteiger partial charge in [0.25, 0.3) is 0 Å². The number of hydrogen-bond acceptors (Lipinski definition) is 8. The van der Waals surface area contributed by atoms with Gasteiger partial charge in [-0.2, -0.15) is 4.98 Å². The molecule has 1 atom stereocenters. The van der Waals surface area contributed by atoms with Crippen LogP contribution in [0.1, 0.15) is 26.3 Å². The molecule has 1 aliphatic rings. The maximum Gasteiger partial charge on any atom is 0.229 e. The lowest BCUT2D eigenvalue weighted by atomic mass is 10.1. The third-order valence-electron chi connectivity index (χ3n) is 4.98. The zero-order chi connectivity index (χ0) is 24.8. The maximum atomic E-state index is 12.7. The summed E-state index contributed by atoms with van der Waals surface area (Å²) in [6.07, 6.45) is 1.78. The number of nitrogens with zero attached hydrogens (tertiary/aromatic N) is 3. The van der Waals surface area contributed by atoms with Crippen molar-refractivity contribution in [1.29, 1.82) is 0 Å². The van der Waals surface area contributed by atoms with Crippen molar-refractivity contribution in [3.63, 3.8) is 0 Å². The Balaban J connectivity index is 1.46. The first-order chi connectivity index (χ1) is 16.7. The summed E-state index contributed by atoms with van der Waals surface area (Å²) in [5.41, 5.74) is 2.38. The fourth-order valence-corrected chi connectivity index (χ4v) is 5.40. The van der Waals surface area contributed by atoms with Crippen LogP contribution < -0.4 is 15.4 Å². The van der Waals surface area contributed by atoms with E-state index in [1.165, 1.54) is 0 Å². The van der Waals surface area contributed by atoms with Crippen LogP contribution in [0.3, 0.4) is 0 Å². The average molecular weight is 513 g/mol. The number of anilines is 4. The van der Waals surface area contributed by atoms with Crippen molar-refractivity contribution in [2.45, 2.75) is 43.0 Å². The molecule has 8 nitrogen and oxygen atoms in total. The van der Waals surface area contributed by atoms with Crippen LogP contribution in [0.2, 0.25) is 0 Å². The second-order valence-electron chi connectivity index (χ2n) is 9.28. The Morgan fingerprint density at radius 1 is 1.03 bits per heavy atom. The molecule has 3 N–H and O–H groups in total. The van der Waals surface area contributed by atoms with E-state index in [0.29, 0.717) is 16.7 Å². The molecule has 0 saturated carbocycles. The Morgan fingerprint density at radius 2 is 1.74 bits per heavy atom. The van der Waals surface area contributed by atoms with Crippen LogP contribution in [-0.4, -0.2) is 50.3 Å². The molecular formula is C25H32N6O2S2. The first kappa shape index (κ1) is 25.6. The quantitative estimate of drug-likeness (QED) is 0.362. The van der Waals surface area contributed by atoms with Crippen molar-refractivity contribution in [2.75, 3.05) is 36.9 Å². The maximum absolute atomic E-state index is 12.7. The summed E-state index contributed by atoms with van der Waals surface area (Å²) in [6.45, 7) is 11.3. The van der Waals surface area contributed by atoms with Crippen molar-refractivity contribution in [1.82, 2.24) is 19.0 Å². The fourth-order valence-electron chi connectivity index (χ4n) is 3.34. The van der Waals surface area contributed by atoms with Crippen molar-refractivity contribution in [3.05, 3.63) is 60.3 Å². The normalized spacial score (nSPS) is 15.5. The molecule has 1 unspecified atom stereocenters. The summed E-state index contributed by atoms with van der Waals surface area (Å²) in [4.78, 5) is 11.0. The molecule has 4 rings (SSSR count). The van der Waals surface area contributed by atoms with Gasteiger partial charge < -0.3 is 15.4 Å². The van der Waals surface area contributed by atoms with Crippen molar-refractivity contribution < 1.29 is 8.95 Å². The monoisotopic (exact) mass is 512 g/mol. The van der Waals surface area contributed by atoms with Gasteiger partial charge >= 0.3 is 0 Å². The molecule has 1 aromatic heterocycles. The van der Waals surface area contributed by atoms with E-state index in [2.05, 4.69) is 41.8 Å². The van der Waals surface area contributed by atoms with Gasteiger partial charge in [-0.15, -0.1) is 0 Å². The zero-order valence-corrected chi connectivity index (χ0v) is 22.1. The fraction of sp³-hybridized carbons (Fsp3) is 0.360. The van der Waals surface area contributed by atoms with E-state index in [1.54, 1.807) is 18.1 Å². The lowest BCUT2D eigenvalue weighted by Gasteiger charge is -2.25. The third kappa shape index (κ3) is 7.74. The van der Waals surface area contributed by atoms with Crippen molar-refractivity contribution in [3.8, 4) is 0 Å². The Morgan fingerprint density at radius 3 is 2.49 bits per heavy atom. The Kier molecular flexibility index (Phi) is 8.40. The Bertz CT molecular complexity index is 1180. The zero-order valence-electron chi connectivity index (χ0n) is 20.5.